The predicted molar refractivity (Wildman–Crippen MR) is 93.4 cm³/mol. The number of benzene rings is 1. The van der Waals surface area contributed by atoms with Gasteiger partial charge in [-0.3, -0.25) is 9.89 Å². The van der Waals surface area contributed by atoms with Gasteiger partial charge in [-0.05, 0) is 32.4 Å². The fourth-order valence-electron chi connectivity index (χ4n) is 3.12. The molecule has 1 aromatic heterocycles. The van der Waals surface area contributed by atoms with Gasteiger partial charge in [-0.15, -0.1) is 0 Å². The van der Waals surface area contributed by atoms with Crippen LogP contribution in [0.25, 0.3) is 0 Å². The summed E-state index contributed by atoms with van der Waals surface area (Å²) in [5, 5.41) is 7.18. The van der Waals surface area contributed by atoms with Crippen molar-refractivity contribution in [1.29, 1.82) is 0 Å². The minimum atomic E-state index is 0.0252. The van der Waals surface area contributed by atoms with Crippen LogP contribution in [0.3, 0.4) is 0 Å². The second-order valence-corrected chi connectivity index (χ2v) is 6.45. The van der Waals surface area contributed by atoms with Crippen LogP contribution in [0.1, 0.15) is 47.1 Å². The second kappa shape index (κ2) is 7.07. The highest BCUT2D eigenvalue weighted by atomic mass is 16.5. The molecule has 0 radical (unpaired) electrons. The van der Waals surface area contributed by atoms with E-state index in [1.54, 1.807) is 0 Å². The number of nitrogens with zero attached hydrogens (tertiary/aromatic N) is 2. The fraction of sp³-hybridized carbons (Fsp3) is 0.474. The van der Waals surface area contributed by atoms with Crippen LogP contribution in [-0.2, 0) is 6.42 Å². The Morgan fingerprint density at radius 2 is 1.92 bits per heavy atom. The maximum atomic E-state index is 12.7. The van der Waals surface area contributed by atoms with Crippen molar-refractivity contribution in [2.45, 2.75) is 46.1 Å². The first kappa shape index (κ1) is 16.6. The summed E-state index contributed by atoms with van der Waals surface area (Å²) in [6, 6.07) is 8.12. The zero-order valence-corrected chi connectivity index (χ0v) is 14.6. The highest BCUT2D eigenvalue weighted by Crippen LogP contribution is 2.21. The number of rotatable bonds is 4. The number of carbonyl (C=O) groups excluding carboxylic acids is 1. The molecule has 0 bridgehead atoms. The third-order valence-electron chi connectivity index (χ3n) is 4.72. The molecule has 2 aromatic rings. The van der Waals surface area contributed by atoms with Gasteiger partial charge in [-0.2, -0.15) is 5.10 Å². The Balaban J connectivity index is 1.57. The van der Waals surface area contributed by atoms with Crippen LogP contribution >= 0.6 is 0 Å². The Kier molecular flexibility index (Phi) is 4.88. The van der Waals surface area contributed by atoms with Gasteiger partial charge in [0.05, 0.1) is 0 Å². The van der Waals surface area contributed by atoms with Gasteiger partial charge in [0.25, 0.3) is 5.91 Å². The van der Waals surface area contributed by atoms with Gasteiger partial charge in [-0.25, -0.2) is 0 Å². The maximum absolute atomic E-state index is 12.7. The lowest BCUT2D eigenvalue weighted by Gasteiger charge is -2.32. The monoisotopic (exact) mass is 327 g/mol. The maximum Gasteiger partial charge on any atom is 0.274 e. The largest absolute Gasteiger partial charge is 0.490 e. The lowest BCUT2D eigenvalue weighted by Crippen LogP contribution is -2.42. The van der Waals surface area contributed by atoms with Crippen molar-refractivity contribution in [3.05, 3.63) is 46.8 Å². The highest BCUT2D eigenvalue weighted by molar-refractivity contribution is 5.94. The molecule has 3 rings (SSSR count). The molecule has 5 nitrogen and oxygen atoms in total. The molecule has 1 aliphatic heterocycles. The Labute approximate surface area is 143 Å². The van der Waals surface area contributed by atoms with Crippen molar-refractivity contribution < 1.29 is 9.53 Å². The molecule has 0 atom stereocenters. The van der Waals surface area contributed by atoms with E-state index in [9.17, 15) is 4.79 Å². The smallest absolute Gasteiger partial charge is 0.274 e. The number of ether oxygens (including phenoxy) is 1. The average molecular weight is 327 g/mol. The number of aryl methyl sites for hydroxylation is 2. The van der Waals surface area contributed by atoms with Crippen LogP contribution in [-0.4, -0.2) is 40.2 Å². The van der Waals surface area contributed by atoms with Crippen molar-refractivity contribution in [3.8, 4) is 5.75 Å². The third-order valence-corrected chi connectivity index (χ3v) is 4.72. The first-order valence-electron chi connectivity index (χ1n) is 8.65. The molecule has 24 heavy (non-hydrogen) atoms. The number of piperidine rings is 1. The number of amides is 1. The van der Waals surface area contributed by atoms with E-state index < -0.39 is 0 Å². The molecule has 0 aliphatic carbocycles. The summed E-state index contributed by atoms with van der Waals surface area (Å²) in [5.41, 5.74) is 3.80. The average Bonchev–Trinajstić information content (AvgIpc) is 2.97. The van der Waals surface area contributed by atoms with E-state index in [-0.39, 0.29) is 12.0 Å². The Hall–Kier alpha value is -2.30. The minimum absolute atomic E-state index is 0.0252. The van der Waals surface area contributed by atoms with Crippen molar-refractivity contribution in [2.75, 3.05) is 13.1 Å². The van der Waals surface area contributed by atoms with Crippen LogP contribution < -0.4 is 4.74 Å². The van der Waals surface area contributed by atoms with Gasteiger partial charge in [0.2, 0.25) is 0 Å². The summed E-state index contributed by atoms with van der Waals surface area (Å²) >= 11 is 0. The zero-order valence-electron chi connectivity index (χ0n) is 14.6. The molecule has 2 heterocycles. The van der Waals surface area contributed by atoms with Crippen LogP contribution in [0.4, 0.5) is 0 Å². The molecule has 1 N–H and O–H groups in total. The first-order chi connectivity index (χ1) is 11.6. The molecular weight excluding hydrogens is 302 g/mol. The Bertz CT molecular complexity index is 698. The number of likely N-dealkylation sites (tertiary alicyclic amines) is 1. The zero-order chi connectivity index (χ0) is 17.1. The lowest BCUT2D eigenvalue weighted by molar-refractivity contribution is 0.0589. The summed E-state index contributed by atoms with van der Waals surface area (Å²) in [6.45, 7) is 7.51. The van der Waals surface area contributed by atoms with Gasteiger partial charge in [0.1, 0.15) is 11.9 Å². The van der Waals surface area contributed by atoms with Gasteiger partial charge >= 0.3 is 0 Å². The predicted octanol–water partition coefficient (Wildman–Crippen LogP) is 3.27. The molecule has 1 fully saturated rings. The van der Waals surface area contributed by atoms with Crippen molar-refractivity contribution >= 4 is 5.91 Å². The summed E-state index contributed by atoms with van der Waals surface area (Å²) in [7, 11) is 0. The number of carbonyl (C=O) groups is 1. The second-order valence-electron chi connectivity index (χ2n) is 6.45. The van der Waals surface area contributed by atoms with E-state index >= 15 is 0 Å². The summed E-state index contributed by atoms with van der Waals surface area (Å²) in [5.74, 6) is 0.929. The SMILES string of the molecule is CCc1[nH]nc(C(=O)N2CCC(Oc3ccc(C)cc3)CC2)c1C. The molecule has 0 saturated carbocycles. The normalized spacial score (nSPS) is 15.5. The quantitative estimate of drug-likeness (QED) is 0.937. The summed E-state index contributed by atoms with van der Waals surface area (Å²) in [4.78, 5) is 14.5. The summed E-state index contributed by atoms with van der Waals surface area (Å²) < 4.78 is 6.03. The number of hydrogen-bond donors (Lipinski definition) is 1. The number of aromatic amines is 1. The van der Waals surface area contributed by atoms with Crippen LogP contribution in [0.15, 0.2) is 24.3 Å². The molecule has 1 saturated heterocycles. The Morgan fingerprint density at radius 3 is 2.50 bits per heavy atom. The van der Waals surface area contributed by atoms with Crippen molar-refractivity contribution in [2.24, 2.45) is 0 Å². The topological polar surface area (TPSA) is 58.2 Å². The molecule has 1 aliphatic rings. The van der Waals surface area contributed by atoms with Gasteiger partial charge in [0, 0.05) is 37.2 Å². The molecule has 128 valence electrons. The lowest BCUT2D eigenvalue weighted by atomic mass is 10.1. The van der Waals surface area contributed by atoms with E-state index in [1.807, 2.05) is 24.0 Å². The summed E-state index contributed by atoms with van der Waals surface area (Å²) in [6.07, 6.45) is 2.73. The molecule has 1 amide bonds. The third kappa shape index (κ3) is 3.45. The van der Waals surface area contributed by atoms with Crippen LogP contribution in [0, 0.1) is 13.8 Å². The number of hydrogen-bond acceptors (Lipinski definition) is 3. The van der Waals surface area contributed by atoms with Crippen LogP contribution in [0.2, 0.25) is 0 Å². The highest BCUT2D eigenvalue weighted by Gasteiger charge is 2.27. The van der Waals surface area contributed by atoms with Crippen molar-refractivity contribution in [1.82, 2.24) is 15.1 Å². The molecular formula is C19H25N3O2. The number of H-pyrrole nitrogens is 1. The van der Waals surface area contributed by atoms with E-state index in [2.05, 4.69) is 36.2 Å². The number of aromatic nitrogens is 2. The first-order valence-corrected chi connectivity index (χ1v) is 8.65. The number of nitrogens with one attached hydrogen (secondary N) is 1. The standard InChI is InChI=1S/C19H25N3O2/c1-4-17-14(3)18(21-20-17)19(23)22-11-9-16(10-12-22)24-15-7-5-13(2)6-8-15/h5-8,16H,4,9-12H2,1-3H3,(H,20,21). The molecule has 0 spiro atoms. The van der Waals surface area contributed by atoms with Gasteiger partial charge < -0.3 is 9.64 Å². The minimum Gasteiger partial charge on any atom is -0.490 e. The van der Waals surface area contributed by atoms with E-state index in [1.165, 1.54) is 5.56 Å². The Morgan fingerprint density at radius 1 is 1.25 bits per heavy atom. The molecule has 1 aromatic carbocycles. The molecule has 0 unspecified atom stereocenters. The van der Waals surface area contributed by atoms with Crippen molar-refractivity contribution in [3.63, 3.8) is 0 Å². The fourth-order valence-corrected chi connectivity index (χ4v) is 3.12. The molecule has 5 heteroatoms. The van der Waals surface area contributed by atoms with Gasteiger partial charge in [0.15, 0.2) is 5.69 Å². The van der Waals surface area contributed by atoms with Gasteiger partial charge in [-0.1, -0.05) is 24.6 Å². The van der Waals surface area contributed by atoms with E-state index in [4.69, 9.17) is 4.74 Å². The van der Waals surface area contributed by atoms with E-state index in [0.29, 0.717) is 18.8 Å². The van der Waals surface area contributed by atoms with E-state index in [0.717, 1.165) is 36.3 Å². The van der Waals surface area contributed by atoms with Crippen LogP contribution in [0.5, 0.6) is 5.75 Å².